The van der Waals surface area contributed by atoms with E-state index < -0.39 is 11.6 Å². The van der Waals surface area contributed by atoms with Crippen LogP contribution in [0.2, 0.25) is 0 Å². The van der Waals surface area contributed by atoms with Crippen LogP contribution in [-0.4, -0.2) is 107 Å². The predicted molar refractivity (Wildman–Crippen MR) is 122 cm³/mol. The van der Waals surface area contributed by atoms with Gasteiger partial charge in [-0.1, -0.05) is 29.4 Å². The van der Waals surface area contributed by atoms with Crippen LogP contribution < -0.4 is 0 Å². The monoisotopic (exact) mass is 443 g/mol. The van der Waals surface area contributed by atoms with Gasteiger partial charge in [-0.2, -0.15) is 5.10 Å². The number of aliphatic hydroxyl groups is 1. The van der Waals surface area contributed by atoms with Gasteiger partial charge in [-0.05, 0) is 31.0 Å². The van der Waals surface area contributed by atoms with Crippen molar-refractivity contribution in [2.24, 2.45) is 10.3 Å². The van der Waals surface area contributed by atoms with Crippen molar-refractivity contribution in [3.63, 3.8) is 0 Å². The fraction of sp³-hybridized carbons (Fsp3) is 0.609. The molecule has 0 bridgehead atoms. The SMILES string of the molecule is CN1CCN(/N=C/c2ccc(C3=NOC(CC4(O)CCN(CC(=O)O)CC4)C3)cc2)CC1. The summed E-state index contributed by atoms with van der Waals surface area (Å²) in [6, 6.07) is 8.15. The number of nitrogens with zero attached hydrogens (tertiary/aromatic N) is 5. The van der Waals surface area contributed by atoms with Crippen molar-refractivity contribution in [2.45, 2.75) is 37.4 Å². The molecule has 4 rings (SSSR count). The lowest BCUT2D eigenvalue weighted by molar-refractivity contribution is -0.140. The Morgan fingerprint density at radius 3 is 2.53 bits per heavy atom. The maximum atomic E-state index is 10.9. The quantitative estimate of drug-likeness (QED) is 0.608. The molecule has 1 aromatic carbocycles. The third kappa shape index (κ3) is 6.05. The summed E-state index contributed by atoms with van der Waals surface area (Å²) < 4.78 is 0. The molecule has 0 amide bonds. The molecular weight excluding hydrogens is 410 g/mol. The number of benzene rings is 1. The van der Waals surface area contributed by atoms with Crippen molar-refractivity contribution >= 4 is 17.9 Å². The van der Waals surface area contributed by atoms with Gasteiger partial charge in [0, 0.05) is 52.1 Å². The van der Waals surface area contributed by atoms with E-state index in [0.29, 0.717) is 38.8 Å². The number of aliphatic carboxylic acids is 1. The Balaban J connectivity index is 1.25. The molecule has 0 saturated carbocycles. The molecule has 9 nitrogen and oxygen atoms in total. The molecule has 3 aliphatic rings. The van der Waals surface area contributed by atoms with E-state index in [0.717, 1.165) is 43.0 Å². The second-order valence-electron chi connectivity index (χ2n) is 9.19. The van der Waals surface area contributed by atoms with Gasteiger partial charge in [-0.3, -0.25) is 14.7 Å². The number of hydrogen-bond acceptors (Lipinski definition) is 8. The van der Waals surface area contributed by atoms with Crippen LogP contribution in [-0.2, 0) is 9.63 Å². The summed E-state index contributed by atoms with van der Waals surface area (Å²) in [7, 11) is 2.13. The highest BCUT2D eigenvalue weighted by atomic mass is 16.6. The molecule has 1 aromatic rings. The Bertz CT molecular complexity index is 840. The second-order valence-corrected chi connectivity index (χ2v) is 9.19. The number of likely N-dealkylation sites (N-methyl/N-ethyl adjacent to an activating group) is 1. The largest absolute Gasteiger partial charge is 0.480 e. The highest BCUT2D eigenvalue weighted by Gasteiger charge is 2.37. The maximum absolute atomic E-state index is 10.9. The number of likely N-dealkylation sites (tertiary alicyclic amines) is 1. The summed E-state index contributed by atoms with van der Waals surface area (Å²) in [5, 5.41) is 30.8. The first-order valence-electron chi connectivity index (χ1n) is 11.4. The van der Waals surface area contributed by atoms with Gasteiger partial charge in [0.1, 0.15) is 6.10 Å². The highest BCUT2D eigenvalue weighted by molar-refractivity contribution is 6.01. The van der Waals surface area contributed by atoms with E-state index >= 15 is 0 Å². The van der Waals surface area contributed by atoms with Gasteiger partial charge in [0.25, 0.3) is 0 Å². The number of carboxylic acid groups (broad SMARTS) is 1. The van der Waals surface area contributed by atoms with Crippen molar-refractivity contribution in [3.05, 3.63) is 35.4 Å². The molecule has 0 spiro atoms. The van der Waals surface area contributed by atoms with Crippen LogP contribution in [0.25, 0.3) is 0 Å². The predicted octanol–water partition coefficient (Wildman–Crippen LogP) is 1.06. The van der Waals surface area contributed by atoms with E-state index in [4.69, 9.17) is 9.94 Å². The number of hydrogen-bond donors (Lipinski definition) is 2. The Morgan fingerprint density at radius 2 is 1.88 bits per heavy atom. The minimum absolute atomic E-state index is 0.0271. The lowest BCUT2D eigenvalue weighted by Crippen LogP contribution is -2.47. The molecule has 0 radical (unpaired) electrons. The number of carbonyl (C=O) groups is 1. The van der Waals surface area contributed by atoms with Crippen LogP contribution in [0.3, 0.4) is 0 Å². The molecule has 2 saturated heterocycles. The maximum Gasteiger partial charge on any atom is 0.317 e. The molecule has 1 atom stereocenters. The van der Waals surface area contributed by atoms with Crippen molar-refractivity contribution in [1.29, 1.82) is 0 Å². The van der Waals surface area contributed by atoms with Crippen molar-refractivity contribution in [2.75, 3.05) is 52.9 Å². The zero-order valence-corrected chi connectivity index (χ0v) is 18.7. The number of rotatable bonds is 7. The van der Waals surface area contributed by atoms with E-state index in [1.54, 1.807) is 0 Å². The molecule has 2 N–H and O–H groups in total. The smallest absolute Gasteiger partial charge is 0.317 e. The Hall–Kier alpha value is -2.49. The third-order valence-corrected chi connectivity index (χ3v) is 6.58. The normalized spacial score (nSPS) is 24.5. The molecule has 2 fully saturated rings. The second kappa shape index (κ2) is 9.97. The lowest BCUT2D eigenvalue weighted by Gasteiger charge is -2.38. The van der Waals surface area contributed by atoms with Crippen LogP contribution >= 0.6 is 0 Å². The van der Waals surface area contributed by atoms with Gasteiger partial charge in [0.2, 0.25) is 0 Å². The van der Waals surface area contributed by atoms with Gasteiger partial charge in [-0.25, -0.2) is 0 Å². The van der Waals surface area contributed by atoms with E-state index in [1.807, 2.05) is 35.4 Å². The van der Waals surface area contributed by atoms with Crippen LogP contribution in [0.1, 0.15) is 36.8 Å². The van der Waals surface area contributed by atoms with Crippen LogP contribution in [0.4, 0.5) is 0 Å². The highest BCUT2D eigenvalue weighted by Crippen LogP contribution is 2.31. The van der Waals surface area contributed by atoms with E-state index in [2.05, 4.69) is 27.2 Å². The standard InChI is InChI=1S/C23H33N5O4/c1-26-10-12-28(13-11-26)24-16-18-2-4-19(5-3-18)21-14-20(32-25-21)15-23(31)6-8-27(9-7-23)17-22(29)30/h2-5,16,20,31H,6-15,17H2,1H3,(H,29,30)/b24-16+. The average molecular weight is 444 g/mol. The summed E-state index contributed by atoms with van der Waals surface area (Å²) in [5.74, 6) is -0.829. The van der Waals surface area contributed by atoms with Gasteiger partial charge < -0.3 is 20.0 Å². The molecule has 0 aliphatic carbocycles. The van der Waals surface area contributed by atoms with Crippen molar-refractivity contribution in [3.8, 4) is 0 Å². The summed E-state index contributed by atoms with van der Waals surface area (Å²) in [6.07, 6.45) is 4.02. The first kappa shape index (κ1) is 22.7. The molecule has 1 unspecified atom stereocenters. The first-order valence-corrected chi connectivity index (χ1v) is 11.4. The van der Waals surface area contributed by atoms with Crippen LogP contribution in [0.5, 0.6) is 0 Å². The van der Waals surface area contributed by atoms with E-state index in [1.165, 1.54) is 0 Å². The molecule has 32 heavy (non-hydrogen) atoms. The molecule has 0 aromatic heterocycles. The number of piperazine rings is 1. The first-order chi connectivity index (χ1) is 15.4. The zero-order chi connectivity index (χ0) is 22.6. The summed E-state index contributed by atoms with van der Waals surface area (Å²) in [5.41, 5.74) is 2.14. The van der Waals surface area contributed by atoms with Crippen molar-refractivity contribution in [1.82, 2.24) is 14.8 Å². The minimum Gasteiger partial charge on any atom is -0.480 e. The van der Waals surface area contributed by atoms with Gasteiger partial charge in [0.15, 0.2) is 0 Å². The Morgan fingerprint density at radius 1 is 1.19 bits per heavy atom. The molecule has 3 heterocycles. The molecule has 3 aliphatic heterocycles. The number of carboxylic acids is 1. The summed E-state index contributed by atoms with van der Waals surface area (Å²) >= 11 is 0. The minimum atomic E-state index is -0.829. The van der Waals surface area contributed by atoms with Gasteiger partial charge in [0.05, 0.1) is 24.1 Å². The third-order valence-electron chi connectivity index (χ3n) is 6.58. The average Bonchev–Trinajstić information content (AvgIpc) is 3.23. The fourth-order valence-electron chi connectivity index (χ4n) is 4.48. The lowest BCUT2D eigenvalue weighted by atomic mass is 9.84. The molecule has 174 valence electrons. The number of hydrazone groups is 1. The summed E-state index contributed by atoms with van der Waals surface area (Å²) in [6.45, 7) is 5.16. The van der Waals surface area contributed by atoms with Crippen LogP contribution in [0.15, 0.2) is 34.5 Å². The number of oxime groups is 1. The molecular formula is C23H33N5O4. The molecule has 9 heteroatoms. The topological polar surface area (TPSA) is 101 Å². The number of piperidine rings is 1. The Kier molecular flexibility index (Phi) is 7.07. The zero-order valence-electron chi connectivity index (χ0n) is 18.7. The van der Waals surface area contributed by atoms with Crippen molar-refractivity contribution < 1.29 is 19.8 Å². The Labute approximate surface area is 188 Å². The van der Waals surface area contributed by atoms with E-state index in [9.17, 15) is 9.90 Å². The summed E-state index contributed by atoms with van der Waals surface area (Å²) in [4.78, 5) is 20.7. The van der Waals surface area contributed by atoms with Gasteiger partial charge in [-0.15, -0.1) is 0 Å². The van der Waals surface area contributed by atoms with E-state index in [-0.39, 0.29) is 12.6 Å². The van der Waals surface area contributed by atoms with Gasteiger partial charge >= 0.3 is 5.97 Å². The fourth-order valence-corrected chi connectivity index (χ4v) is 4.48. The van der Waals surface area contributed by atoms with Crippen LogP contribution in [0, 0.1) is 0 Å².